The van der Waals surface area contributed by atoms with Gasteiger partial charge in [0, 0.05) is 30.3 Å². The summed E-state index contributed by atoms with van der Waals surface area (Å²) in [5.74, 6) is 3.07. The van der Waals surface area contributed by atoms with Gasteiger partial charge in [-0.05, 0) is 38.8 Å². The molecule has 0 radical (unpaired) electrons. The number of likely N-dealkylation sites (N-methyl/N-ethyl adjacent to an activating group) is 1. The van der Waals surface area contributed by atoms with Gasteiger partial charge in [-0.25, -0.2) is 4.99 Å². The van der Waals surface area contributed by atoms with Crippen molar-refractivity contribution < 1.29 is 0 Å². The van der Waals surface area contributed by atoms with Crippen molar-refractivity contribution in [2.75, 3.05) is 18.5 Å². The minimum absolute atomic E-state index is 0.434. The molecule has 0 bridgehead atoms. The largest absolute Gasteiger partial charge is 0.353 e. The molecular weight excluding hydrogens is 282 g/mol. The van der Waals surface area contributed by atoms with Crippen LogP contribution in [0.2, 0.25) is 0 Å². The van der Waals surface area contributed by atoms with Gasteiger partial charge in [-0.15, -0.1) is 0 Å². The number of para-hydroxylation sites is 1. The lowest BCUT2D eigenvalue weighted by Gasteiger charge is -2.42. The van der Waals surface area contributed by atoms with Crippen molar-refractivity contribution in [1.29, 1.82) is 0 Å². The van der Waals surface area contributed by atoms with Crippen LogP contribution >= 0.6 is 0 Å². The van der Waals surface area contributed by atoms with Crippen molar-refractivity contribution in [2.24, 2.45) is 10.9 Å². The zero-order valence-corrected chi connectivity index (χ0v) is 14.3. The topological polar surface area (TPSA) is 18.8 Å². The molecular formula is C20H25N3. The second-order valence-corrected chi connectivity index (χ2v) is 7.04. The number of anilines is 1. The third-order valence-electron chi connectivity index (χ3n) is 5.63. The van der Waals surface area contributed by atoms with E-state index in [0.717, 1.165) is 6.54 Å². The molecule has 1 fully saturated rings. The first-order chi connectivity index (χ1) is 11.1. The van der Waals surface area contributed by atoms with Crippen LogP contribution in [0.3, 0.4) is 0 Å². The monoisotopic (exact) mass is 307 g/mol. The summed E-state index contributed by atoms with van der Waals surface area (Å²) in [5.41, 5.74) is 4.02. The molecule has 1 saturated carbocycles. The highest BCUT2D eigenvalue weighted by Gasteiger charge is 2.34. The number of benzene rings is 1. The van der Waals surface area contributed by atoms with Crippen molar-refractivity contribution in [3.8, 4) is 0 Å². The molecule has 120 valence electrons. The van der Waals surface area contributed by atoms with Crippen LogP contribution in [-0.4, -0.2) is 30.4 Å². The van der Waals surface area contributed by atoms with Crippen LogP contribution in [0.25, 0.3) is 0 Å². The summed E-state index contributed by atoms with van der Waals surface area (Å²) in [4.78, 5) is 9.92. The van der Waals surface area contributed by atoms with Crippen LogP contribution in [0.15, 0.2) is 58.4 Å². The molecule has 1 aromatic carbocycles. The Morgan fingerprint density at radius 2 is 1.87 bits per heavy atom. The average Bonchev–Trinajstić information content (AvgIpc) is 2.52. The van der Waals surface area contributed by atoms with E-state index in [1.807, 2.05) is 0 Å². The van der Waals surface area contributed by atoms with E-state index in [4.69, 9.17) is 4.99 Å². The fourth-order valence-corrected chi connectivity index (χ4v) is 3.67. The van der Waals surface area contributed by atoms with Gasteiger partial charge in [0.15, 0.2) is 0 Å². The normalized spacial score (nSPS) is 24.9. The first kappa shape index (κ1) is 14.6. The molecule has 0 aromatic heterocycles. The highest BCUT2D eigenvalue weighted by molar-refractivity contribution is 6.01. The number of nitrogens with zero attached hydrogens (tertiary/aromatic N) is 3. The molecule has 0 saturated heterocycles. The summed E-state index contributed by atoms with van der Waals surface area (Å²) >= 11 is 0. The van der Waals surface area contributed by atoms with Crippen LogP contribution in [0.4, 0.5) is 5.69 Å². The van der Waals surface area contributed by atoms with E-state index >= 15 is 0 Å². The molecule has 0 amide bonds. The van der Waals surface area contributed by atoms with Crippen molar-refractivity contribution in [1.82, 2.24) is 4.90 Å². The van der Waals surface area contributed by atoms with Gasteiger partial charge in [-0.1, -0.05) is 36.3 Å². The van der Waals surface area contributed by atoms with Gasteiger partial charge < -0.3 is 9.80 Å². The molecule has 4 rings (SSSR count). The molecule has 0 spiro atoms. The summed E-state index contributed by atoms with van der Waals surface area (Å²) in [6.07, 6.45) is 6.23. The maximum Gasteiger partial charge on any atom is 0.135 e. The van der Waals surface area contributed by atoms with Crippen LogP contribution in [-0.2, 0) is 0 Å². The third-order valence-corrected chi connectivity index (χ3v) is 5.63. The number of amidine groups is 1. The van der Waals surface area contributed by atoms with Gasteiger partial charge in [0.1, 0.15) is 11.7 Å². The van der Waals surface area contributed by atoms with Crippen molar-refractivity contribution in [3.05, 3.63) is 53.4 Å². The van der Waals surface area contributed by atoms with E-state index < -0.39 is 0 Å². The number of aliphatic imine (C=N–C) groups is 1. The quantitative estimate of drug-likeness (QED) is 0.815. The Kier molecular flexibility index (Phi) is 3.51. The predicted molar refractivity (Wildman–Crippen MR) is 96.6 cm³/mol. The molecule has 1 atom stereocenters. The maximum atomic E-state index is 5.15. The first-order valence-electron chi connectivity index (χ1n) is 8.70. The lowest BCUT2D eigenvalue weighted by molar-refractivity contribution is 0.340. The molecule has 2 heterocycles. The molecule has 23 heavy (non-hydrogen) atoms. The molecule has 1 unspecified atom stereocenters. The van der Waals surface area contributed by atoms with Crippen molar-refractivity contribution in [3.63, 3.8) is 0 Å². The van der Waals surface area contributed by atoms with Crippen LogP contribution in [0.5, 0.6) is 0 Å². The molecule has 0 N–H and O–H groups in total. The fourth-order valence-electron chi connectivity index (χ4n) is 3.67. The number of hydrogen-bond acceptors (Lipinski definition) is 3. The van der Waals surface area contributed by atoms with Gasteiger partial charge in [-0.2, -0.15) is 0 Å². The number of hydrogen-bond donors (Lipinski definition) is 0. The lowest BCUT2D eigenvalue weighted by Crippen LogP contribution is -2.46. The lowest BCUT2D eigenvalue weighted by atomic mass is 9.83. The Bertz CT molecular complexity index is 695. The average molecular weight is 307 g/mol. The minimum atomic E-state index is 0.434. The van der Waals surface area contributed by atoms with Crippen molar-refractivity contribution in [2.45, 2.75) is 39.2 Å². The van der Waals surface area contributed by atoms with Gasteiger partial charge in [-0.3, -0.25) is 0 Å². The van der Waals surface area contributed by atoms with Gasteiger partial charge >= 0.3 is 0 Å². The second-order valence-electron chi connectivity index (χ2n) is 7.04. The summed E-state index contributed by atoms with van der Waals surface area (Å²) in [6.45, 7) is 5.42. The summed E-state index contributed by atoms with van der Waals surface area (Å²) < 4.78 is 0. The minimum Gasteiger partial charge on any atom is -0.353 e. The van der Waals surface area contributed by atoms with Gasteiger partial charge in [0.25, 0.3) is 0 Å². The van der Waals surface area contributed by atoms with E-state index in [2.05, 4.69) is 67.1 Å². The molecule has 1 aromatic rings. The SMILES string of the molecule is CC1=CC2=C(N=C(C3CCC3)N(c3ccccc3)C2)N(C)C1C. The second kappa shape index (κ2) is 5.55. The summed E-state index contributed by atoms with van der Waals surface area (Å²) in [7, 11) is 2.18. The molecule has 3 heteroatoms. The van der Waals surface area contributed by atoms with Gasteiger partial charge in [0.05, 0.1) is 6.54 Å². The molecule has 3 nitrogen and oxygen atoms in total. The van der Waals surface area contributed by atoms with Crippen LogP contribution in [0.1, 0.15) is 33.1 Å². The number of rotatable bonds is 2. The zero-order valence-electron chi connectivity index (χ0n) is 14.3. The Morgan fingerprint density at radius 1 is 1.13 bits per heavy atom. The van der Waals surface area contributed by atoms with E-state index in [0.29, 0.717) is 12.0 Å². The predicted octanol–water partition coefficient (Wildman–Crippen LogP) is 4.20. The highest BCUT2D eigenvalue weighted by Crippen LogP contribution is 2.37. The first-order valence-corrected chi connectivity index (χ1v) is 8.70. The summed E-state index contributed by atoms with van der Waals surface area (Å²) in [6, 6.07) is 11.2. The van der Waals surface area contributed by atoms with Crippen LogP contribution in [0, 0.1) is 5.92 Å². The Balaban J connectivity index is 1.77. The smallest absolute Gasteiger partial charge is 0.135 e. The zero-order chi connectivity index (χ0) is 16.0. The van der Waals surface area contributed by atoms with E-state index in [1.165, 1.54) is 47.8 Å². The molecule has 3 aliphatic rings. The molecule has 1 aliphatic carbocycles. The Morgan fingerprint density at radius 3 is 2.52 bits per heavy atom. The maximum absolute atomic E-state index is 5.15. The Hall–Kier alpha value is -2.03. The third kappa shape index (κ3) is 2.39. The van der Waals surface area contributed by atoms with E-state index in [9.17, 15) is 0 Å². The summed E-state index contributed by atoms with van der Waals surface area (Å²) in [5, 5.41) is 0. The standard InChI is InChI=1S/C20H25N3/c1-14-12-17-13-23(18-10-5-4-6-11-18)20(16-8-7-9-16)21-19(17)22(3)15(14)2/h4-6,10-12,15-16H,7-9,13H2,1-3H3. The molecule has 2 aliphatic heterocycles. The van der Waals surface area contributed by atoms with Gasteiger partial charge in [0.2, 0.25) is 0 Å². The van der Waals surface area contributed by atoms with E-state index in [1.54, 1.807) is 0 Å². The van der Waals surface area contributed by atoms with Crippen LogP contribution < -0.4 is 4.90 Å². The highest BCUT2D eigenvalue weighted by atomic mass is 15.3. The fraction of sp³-hybridized carbons (Fsp3) is 0.450. The van der Waals surface area contributed by atoms with E-state index in [-0.39, 0.29) is 0 Å². The van der Waals surface area contributed by atoms with Crippen molar-refractivity contribution >= 4 is 11.5 Å². The Labute approximate surface area is 139 Å².